The van der Waals surface area contributed by atoms with E-state index < -0.39 is 5.54 Å². The minimum Gasteiger partial charge on any atom is -0.370 e. The van der Waals surface area contributed by atoms with Gasteiger partial charge in [-0.2, -0.15) is 11.8 Å². The maximum absolute atomic E-state index is 11.5. The number of guanidine groups is 1. The van der Waals surface area contributed by atoms with E-state index in [1.807, 2.05) is 6.92 Å². The highest BCUT2D eigenvalue weighted by atomic mass is 32.2. The first-order chi connectivity index (χ1) is 5.65. The predicted octanol–water partition coefficient (Wildman–Crippen LogP) is -0.305. The molecule has 0 saturated carbocycles. The van der Waals surface area contributed by atoms with Crippen molar-refractivity contribution in [1.29, 1.82) is 0 Å². The van der Waals surface area contributed by atoms with Crippen molar-refractivity contribution in [3.63, 3.8) is 0 Å². The van der Waals surface area contributed by atoms with Gasteiger partial charge in [0.15, 0.2) is 11.5 Å². The zero-order valence-electron chi connectivity index (χ0n) is 6.83. The third kappa shape index (κ3) is 0.857. The number of rotatable bonds is 0. The monoisotopic (exact) mass is 185 g/mol. The van der Waals surface area contributed by atoms with Crippen LogP contribution < -0.4 is 11.1 Å². The number of nitrogens with two attached hydrogens (primary N) is 1. The maximum Gasteiger partial charge on any atom is 0.255 e. The van der Waals surface area contributed by atoms with Crippen molar-refractivity contribution in [3.8, 4) is 0 Å². The van der Waals surface area contributed by atoms with Crippen LogP contribution in [0.15, 0.2) is 4.99 Å². The van der Waals surface area contributed by atoms with Crippen molar-refractivity contribution < 1.29 is 4.79 Å². The first kappa shape index (κ1) is 7.91. The molecule has 0 aromatic heterocycles. The zero-order valence-corrected chi connectivity index (χ0v) is 7.65. The molecule has 0 aromatic carbocycles. The molecule has 1 spiro atoms. The molecule has 2 rings (SSSR count). The van der Waals surface area contributed by atoms with Gasteiger partial charge in [0, 0.05) is 5.25 Å². The smallest absolute Gasteiger partial charge is 0.255 e. The molecular formula is C7H11N3OS. The first-order valence-corrected chi connectivity index (χ1v) is 4.98. The van der Waals surface area contributed by atoms with Crippen LogP contribution in [-0.4, -0.2) is 28.4 Å². The molecule has 1 saturated heterocycles. The number of thioether (sulfide) groups is 1. The molecule has 2 aliphatic heterocycles. The van der Waals surface area contributed by atoms with Crippen LogP contribution in [0, 0.1) is 0 Å². The van der Waals surface area contributed by atoms with E-state index in [4.69, 9.17) is 5.73 Å². The summed E-state index contributed by atoms with van der Waals surface area (Å²) in [5.41, 5.74) is 4.90. The molecule has 3 N–H and O–H groups in total. The van der Waals surface area contributed by atoms with E-state index >= 15 is 0 Å². The fraction of sp³-hybridized carbons (Fsp3) is 0.714. The molecule has 66 valence electrons. The van der Waals surface area contributed by atoms with Gasteiger partial charge in [-0.15, -0.1) is 0 Å². The van der Waals surface area contributed by atoms with Gasteiger partial charge in [0.05, 0.1) is 0 Å². The van der Waals surface area contributed by atoms with Crippen molar-refractivity contribution >= 4 is 23.6 Å². The number of amides is 1. The molecule has 2 heterocycles. The normalized spacial score (nSPS) is 40.2. The van der Waals surface area contributed by atoms with Crippen LogP contribution >= 0.6 is 11.8 Å². The molecule has 0 aliphatic carbocycles. The average Bonchev–Trinajstić information content (AvgIpc) is 2.44. The lowest BCUT2D eigenvalue weighted by Crippen LogP contribution is -2.44. The number of hydrogen-bond acceptors (Lipinski definition) is 4. The summed E-state index contributed by atoms with van der Waals surface area (Å²) in [5.74, 6) is 1.23. The summed E-state index contributed by atoms with van der Waals surface area (Å²) >= 11 is 1.78. The van der Waals surface area contributed by atoms with E-state index in [1.165, 1.54) is 0 Å². The second kappa shape index (κ2) is 2.39. The number of carbonyl (C=O) groups excluding carboxylic acids is 1. The fourth-order valence-electron chi connectivity index (χ4n) is 1.70. The van der Waals surface area contributed by atoms with Crippen molar-refractivity contribution in [2.24, 2.45) is 10.7 Å². The largest absolute Gasteiger partial charge is 0.370 e. The number of hydrogen-bond donors (Lipinski definition) is 2. The highest BCUT2D eigenvalue weighted by Gasteiger charge is 2.50. The minimum atomic E-state index is -0.547. The van der Waals surface area contributed by atoms with Gasteiger partial charge in [0.25, 0.3) is 5.91 Å². The van der Waals surface area contributed by atoms with Gasteiger partial charge >= 0.3 is 0 Å². The van der Waals surface area contributed by atoms with Gasteiger partial charge in [0.1, 0.15) is 0 Å². The van der Waals surface area contributed by atoms with Crippen molar-refractivity contribution in [2.45, 2.75) is 24.1 Å². The molecule has 0 bridgehead atoms. The molecular weight excluding hydrogens is 174 g/mol. The third-order valence-corrected chi connectivity index (χ3v) is 3.81. The Hall–Kier alpha value is -0.710. The number of nitrogens with zero attached hydrogens (tertiary/aromatic N) is 1. The quantitative estimate of drug-likeness (QED) is 0.544. The van der Waals surface area contributed by atoms with Gasteiger partial charge < -0.3 is 5.73 Å². The molecule has 2 atom stereocenters. The number of carbonyl (C=O) groups is 1. The Labute approximate surface area is 75.0 Å². The van der Waals surface area contributed by atoms with E-state index in [0.29, 0.717) is 0 Å². The van der Waals surface area contributed by atoms with Crippen LogP contribution in [0.2, 0.25) is 0 Å². The maximum atomic E-state index is 11.5. The minimum absolute atomic E-state index is 0.0301. The summed E-state index contributed by atoms with van der Waals surface area (Å²) in [7, 11) is 0. The molecule has 1 amide bonds. The summed E-state index contributed by atoms with van der Waals surface area (Å²) in [5, 5.41) is 2.80. The van der Waals surface area contributed by atoms with Gasteiger partial charge in [-0.1, -0.05) is 6.92 Å². The van der Waals surface area contributed by atoms with Crippen LogP contribution in [0.1, 0.15) is 13.3 Å². The lowest BCUT2D eigenvalue weighted by atomic mass is 9.94. The lowest BCUT2D eigenvalue weighted by Gasteiger charge is -2.20. The van der Waals surface area contributed by atoms with Crippen molar-refractivity contribution in [1.82, 2.24) is 5.32 Å². The summed E-state index contributed by atoms with van der Waals surface area (Å²) in [4.78, 5) is 15.7. The van der Waals surface area contributed by atoms with Crippen molar-refractivity contribution in [2.75, 3.05) is 5.75 Å². The zero-order chi connectivity index (χ0) is 8.77. The van der Waals surface area contributed by atoms with E-state index in [1.54, 1.807) is 11.8 Å². The van der Waals surface area contributed by atoms with Gasteiger partial charge in [-0.3, -0.25) is 10.1 Å². The Balaban J connectivity index is 2.36. The Morgan fingerprint density at radius 3 is 3.00 bits per heavy atom. The van der Waals surface area contributed by atoms with Gasteiger partial charge in [0.2, 0.25) is 0 Å². The van der Waals surface area contributed by atoms with E-state index in [-0.39, 0.29) is 17.1 Å². The van der Waals surface area contributed by atoms with Crippen LogP contribution in [0.3, 0.4) is 0 Å². The fourth-order valence-corrected chi connectivity index (χ4v) is 3.03. The van der Waals surface area contributed by atoms with Gasteiger partial charge in [-0.25, -0.2) is 4.99 Å². The van der Waals surface area contributed by atoms with E-state index in [9.17, 15) is 4.79 Å². The lowest BCUT2D eigenvalue weighted by molar-refractivity contribution is -0.123. The van der Waals surface area contributed by atoms with Crippen LogP contribution in [0.4, 0.5) is 0 Å². The Morgan fingerprint density at radius 1 is 1.83 bits per heavy atom. The van der Waals surface area contributed by atoms with Crippen LogP contribution in [-0.2, 0) is 4.79 Å². The first-order valence-electron chi connectivity index (χ1n) is 3.93. The summed E-state index contributed by atoms with van der Waals surface area (Å²) < 4.78 is 0. The SMILES string of the molecule is CC1SCCC12N=C(N)NC2=O. The Morgan fingerprint density at radius 2 is 2.58 bits per heavy atom. The van der Waals surface area contributed by atoms with E-state index in [0.717, 1.165) is 12.2 Å². The average molecular weight is 185 g/mol. The second-order valence-electron chi connectivity index (χ2n) is 3.14. The van der Waals surface area contributed by atoms with Gasteiger partial charge in [-0.05, 0) is 12.2 Å². The Kier molecular flexibility index (Phi) is 1.57. The molecule has 0 radical (unpaired) electrons. The highest BCUT2D eigenvalue weighted by molar-refractivity contribution is 8.00. The summed E-state index contributed by atoms with van der Waals surface area (Å²) in [6.07, 6.45) is 0.811. The molecule has 2 unspecified atom stereocenters. The topological polar surface area (TPSA) is 67.5 Å². The standard InChI is InChI=1S/C7H11N3OS/c1-4-7(2-3-12-4)5(11)9-6(8)10-7/h4H,2-3H2,1H3,(H3,8,9,10,11). The second-order valence-corrected chi connectivity index (χ2v) is 4.59. The molecule has 0 aromatic rings. The molecule has 1 fully saturated rings. The molecule has 5 heteroatoms. The molecule has 4 nitrogen and oxygen atoms in total. The third-order valence-electron chi connectivity index (χ3n) is 2.48. The Bertz CT molecular complexity index is 265. The highest BCUT2D eigenvalue weighted by Crippen LogP contribution is 2.40. The molecule has 12 heavy (non-hydrogen) atoms. The van der Waals surface area contributed by atoms with Crippen LogP contribution in [0.25, 0.3) is 0 Å². The predicted molar refractivity (Wildman–Crippen MR) is 49.0 cm³/mol. The number of nitrogens with one attached hydrogen (secondary N) is 1. The molecule has 2 aliphatic rings. The summed E-state index contributed by atoms with van der Waals surface area (Å²) in [6.45, 7) is 2.03. The van der Waals surface area contributed by atoms with E-state index in [2.05, 4.69) is 10.3 Å². The van der Waals surface area contributed by atoms with Crippen molar-refractivity contribution in [3.05, 3.63) is 0 Å². The summed E-state index contributed by atoms with van der Waals surface area (Å²) in [6, 6.07) is 0. The number of aliphatic imine (C=N–C) groups is 1. The van der Waals surface area contributed by atoms with Crippen LogP contribution in [0.5, 0.6) is 0 Å².